The van der Waals surface area contributed by atoms with Crippen LogP contribution in [0.15, 0.2) is 90.8 Å². The third kappa shape index (κ3) is 8.36. The molecule has 0 saturated carbocycles. The van der Waals surface area contributed by atoms with Crippen LogP contribution in [0.1, 0.15) is 23.1 Å². The lowest BCUT2D eigenvalue weighted by atomic mass is 9.97. The molecule has 214 valence electrons. The van der Waals surface area contributed by atoms with Gasteiger partial charge in [0.25, 0.3) is 0 Å². The topological polar surface area (TPSA) is 75.6 Å². The average Bonchev–Trinajstić information content (AvgIpc) is 3.00. The van der Waals surface area contributed by atoms with E-state index in [9.17, 15) is 9.50 Å². The number of benzene rings is 3. The fourth-order valence-electron chi connectivity index (χ4n) is 4.47. The van der Waals surface area contributed by atoms with Crippen LogP contribution in [0, 0.1) is 0 Å². The summed E-state index contributed by atoms with van der Waals surface area (Å²) >= 11 is 0. The van der Waals surface area contributed by atoms with Gasteiger partial charge in [0.2, 0.25) is 0 Å². The summed E-state index contributed by atoms with van der Waals surface area (Å²) in [6, 6.07) is 25.0. The Hall–Kier alpha value is -3.27. The number of hydrogen-bond acceptors (Lipinski definition) is 7. The first-order chi connectivity index (χ1) is 19.6. The monoisotopic (exact) mass is 552 g/mol. The zero-order chi connectivity index (χ0) is 28.2. The zero-order valence-corrected chi connectivity index (χ0v) is 22.9. The van der Waals surface area contributed by atoms with E-state index >= 15 is 0 Å². The fraction of sp³-hybridized carbons (Fsp3) is 0.375. The lowest BCUT2D eigenvalue weighted by Gasteiger charge is -2.40. The maximum Gasteiger partial charge on any atom is 0.185 e. The van der Waals surface area contributed by atoms with Crippen molar-refractivity contribution >= 4 is 0 Å². The van der Waals surface area contributed by atoms with E-state index in [1.54, 1.807) is 14.2 Å². The SMILES string of the molecule is COc1ccc(COCC2O[C@H](OCCCc3ccccc3)/C(=C\F)C(O)C2OCc2ccc(OC)cc2)cc1. The van der Waals surface area contributed by atoms with Crippen LogP contribution in [0.5, 0.6) is 11.5 Å². The van der Waals surface area contributed by atoms with Gasteiger partial charge in [-0.25, -0.2) is 4.39 Å². The van der Waals surface area contributed by atoms with Crippen molar-refractivity contribution in [3.8, 4) is 11.5 Å². The van der Waals surface area contributed by atoms with Gasteiger partial charge in [-0.05, 0) is 53.8 Å². The number of methoxy groups -OCH3 is 2. The highest BCUT2D eigenvalue weighted by atomic mass is 19.1. The molecule has 0 bridgehead atoms. The number of hydrogen-bond donors (Lipinski definition) is 1. The summed E-state index contributed by atoms with van der Waals surface area (Å²) in [5.74, 6) is 1.48. The number of rotatable bonds is 14. The van der Waals surface area contributed by atoms with Crippen LogP contribution in [0.4, 0.5) is 4.39 Å². The summed E-state index contributed by atoms with van der Waals surface area (Å²) in [6.45, 7) is 0.950. The number of aliphatic hydroxyl groups excluding tert-OH is 1. The minimum atomic E-state index is -1.27. The van der Waals surface area contributed by atoms with E-state index < -0.39 is 24.6 Å². The van der Waals surface area contributed by atoms with Crippen molar-refractivity contribution in [2.45, 2.75) is 50.7 Å². The summed E-state index contributed by atoms with van der Waals surface area (Å²) in [4.78, 5) is 0. The molecule has 0 spiro atoms. The minimum absolute atomic E-state index is 0.00848. The normalized spacial score (nSPS) is 21.9. The molecule has 7 nitrogen and oxygen atoms in total. The second-order valence-corrected chi connectivity index (χ2v) is 9.51. The van der Waals surface area contributed by atoms with E-state index in [0.29, 0.717) is 19.5 Å². The van der Waals surface area contributed by atoms with Crippen LogP contribution in [0.25, 0.3) is 0 Å². The third-order valence-electron chi connectivity index (χ3n) is 6.75. The van der Waals surface area contributed by atoms with Crippen molar-refractivity contribution in [3.05, 3.63) is 107 Å². The number of aliphatic hydroxyl groups is 1. The quantitative estimate of drug-likeness (QED) is 0.269. The van der Waals surface area contributed by atoms with Gasteiger partial charge in [0.15, 0.2) is 6.29 Å². The van der Waals surface area contributed by atoms with Crippen molar-refractivity contribution in [2.75, 3.05) is 27.4 Å². The molecule has 0 aliphatic carbocycles. The lowest BCUT2D eigenvalue weighted by Crippen LogP contribution is -2.53. The smallest absolute Gasteiger partial charge is 0.185 e. The number of halogens is 1. The molecule has 1 saturated heterocycles. The molecule has 0 radical (unpaired) electrons. The van der Waals surface area contributed by atoms with Gasteiger partial charge >= 0.3 is 0 Å². The van der Waals surface area contributed by atoms with Crippen molar-refractivity contribution in [1.29, 1.82) is 0 Å². The average molecular weight is 553 g/mol. The zero-order valence-electron chi connectivity index (χ0n) is 22.9. The molecule has 4 rings (SSSR count). The van der Waals surface area contributed by atoms with Crippen LogP contribution < -0.4 is 9.47 Å². The van der Waals surface area contributed by atoms with Gasteiger partial charge in [0, 0.05) is 5.57 Å². The highest BCUT2D eigenvalue weighted by molar-refractivity contribution is 5.27. The second kappa shape index (κ2) is 15.5. The molecule has 40 heavy (non-hydrogen) atoms. The Bertz CT molecular complexity index is 1170. The van der Waals surface area contributed by atoms with Gasteiger partial charge in [-0.3, -0.25) is 0 Å². The molecule has 4 atom stereocenters. The van der Waals surface area contributed by atoms with E-state index in [4.69, 9.17) is 28.4 Å². The molecule has 8 heteroatoms. The molecule has 3 unspecified atom stereocenters. The predicted molar refractivity (Wildman–Crippen MR) is 149 cm³/mol. The van der Waals surface area contributed by atoms with E-state index in [-0.39, 0.29) is 18.8 Å². The Morgan fingerprint density at radius 1 is 0.800 bits per heavy atom. The van der Waals surface area contributed by atoms with E-state index in [0.717, 1.165) is 35.5 Å². The van der Waals surface area contributed by atoms with Crippen LogP contribution in [0.3, 0.4) is 0 Å². The van der Waals surface area contributed by atoms with E-state index in [1.807, 2.05) is 66.7 Å². The summed E-state index contributed by atoms with van der Waals surface area (Å²) in [5, 5.41) is 11.2. The molecule has 1 heterocycles. The molecular formula is C32H37FO7. The molecular weight excluding hydrogens is 515 g/mol. The Balaban J connectivity index is 1.40. The minimum Gasteiger partial charge on any atom is -0.497 e. The van der Waals surface area contributed by atoms with Crippen molar-refractivity contribution in [1.82, 2.24) is 0 Å². The Labute approximate surface area is 235 Å². The number of ether oxygens (including phenoxy) is 6. The first-order valence-corrected chi connectivity index (χ1v) is 13.4. The molecule has 0 aromatic heterocycles. The molecule has 0 amide bonds. The van der Waals surface area contributed by atoms with E-state index in [2.05, 4.69) is 12.1 Å². The van der Waals surface area contributed by atoms with Crippen molar-refractivity contribution < 1.29 is 37.9 Å². The van der Waals surface area contributed by atoms with Crippen LogP contribution in [-0.4, -0.2) is 57.1 Å². The number of aryl methyl sites for hydroxylation is 1. The fourth-order valence-corrected chi connectivity index (χ4v) is 4.47. The van der Waals surface area contributed by atoms with Gasteiger partial charge in [0.05, 0.1) is 47.0 Å². The maximum atomic E-state index is 14.0. The van der Waals surface area contributed by atoms with Crippen molar-refractivity contribution in [3.63, 3.8) is 0 Å². The van der Waals surface area contributed by atoms with E-state index in [1.165, 1.54) is 5.56 Å². The maximum absolute atomic E-state index is 14.0. The summed E-state index contributed by atoms with van der Waals surface area (Å²) in [6.07, 6.45) is -2.01. The molecule has 1 N–H and O–H groups in total. The van der Waals surface area contributed by atoms with Gasteiger partial charge in [-0.15, -0.1) is 0 Å². The second-order valence-electron chi connectivity index (χ2n) is 9.51. The van der Waals surface area contributed by atoms with Gasteiger partial charge in [-0.1, -0.05) is 54.6 Å². The first-order valence-electron chi connectivity index (χ1n) is 13.4. The molecule has 1 fully saturated rings. The first kappa shape index (κ1) is 29.7. The third-order valence-corrected chi connectivity index (χ3v) is 6.75. The molecule has 1 aliphatic heterocycles. The predicted octanol–water partition coefficient (Wildman–Crippen LogP) is 5.39. The Kier molecular flexibility index (Phi) is 11.5. The highest BCUT2D eigenvalue weighted by Crippen LogP contribution is 2.30. The van der Waals surface area contributed by atoms with Gasteiger partial charge in [0.1, 0.15) is 29.8 Å². The van der Waals surface area contributed by atoms with Crippen LogP contribution >= 0.6 is 0 Å². The van der Waals surface area contributed by atoms with Gasteiger partial charge < -0.3 is 33.5 Å². The van der Waals surface area contributed by atoms with Crippen LogP contribution in [0.2, 0.25) is 0 Å². The Morgan fingerprint density at radius 2 is 1.43 bits per heavy atom. The summed E-state index contributed by atoms with van der Waals surface area (Å²) in [7, 11) is 3.21. The standard InChI is InChI=1S/C32H37FO7/c1-35-26-14-10-24(11-15-26)20-37-22-29-31(39-21-25-12-16-27(36-2)17-13-25)30(34)28(19-33)32(40-29)38-18-6-9-23-7-4-3-5-8-23/h3-5,7-8,10-17,19,29-32,34H,6,9,18,20-22H2,1-2H3/b28-19-/t29?,30?,31?,32-/m0/s1. The highest BCUT2D eigenvalue weighted by Gasteiger charge is 2.43. The largest absolute Gasteiger partial charge is 0.497 e. The Morgan fingerprint density at radius 3 is 2.02 bits per heavy atom. The molecule has 3 aromatic rings. The summed E-state index contributed by atoms with van der Waals surface area (Å²) < 4.78 is 48.6. The summed E-state index contributed by atoms with van der Waals surface area (Å²) in [5.41, 5.74) is 3.00. The molecule has 3 aromatic carbocycles. The molecule has 1 aliphatic rings. The van der Waals surface area contributed by atoms with Crippen molar-refractivity contribution in [2.24, 2.45) is 0 Å². The van der Waals surface area contributed by atoms with Gasteiger partial charge in [-0.2, -0.15) is 0 Å². The lowest BCUT2D eigenvalue weighted by molar-refractivity contribution is -0.242. The van der Waals surface area contributed by atoms with Crippen LogP contribution in [-0.2, 0) is 38.6 Å².